The van der Waals surface area contributed by atoms with Crippen LogP contribution in [0.5, 0.6) is 0 Å². The number of likely N-dealkylation sites (N-methyl/N-ethyl adjacent to an activating group) is 1. The molecule has 7 nitrogen and oxygen atoms in total. The van der Waals surface area contributed by atoms with Gasteiger partial charge in [0.25, 0.3) is 0 Å². The summed E-state index contributed by atoms with van der Waals surface area (Å²) in [6.07, 6.45) is 1.47. The summed E-state index contributed by atoms with van der Waals surface area (Å²) in [5, 5.41) is 8.99. The molecule has 1 heterocycles. The van der Waals surface area contributed by atoms with Crippen molar-refractivity contribution >= 4 is 16.0 Å². The second kappa shape index (κ2) is 7.01. The van der Waals surface area contributed by atoms with E-state index in [9.17, 15) is 13.2 Å². The number of aromatic nitrogens is 1. The fourth-order valence-corrected chi connectivity index (χ4v) is 3.86. The van der Waals surface area contributed by atoms with Gasteiger partial charge in [-0.2, -0.15) is 9.57 Å². The summed E-state index contributed by atoms with van der Waals surface area (Å²) in [6, 6.07) is 12.3. The molecule has 1 atom stereocenters. The number of methoxy groups -OCH3 is 1. The van der Waals surface area contributed by atoms with Crippen molar-refractivity contribution in [1.29, 1.82) is 5.26 Å². The zero-order valence-corrected chi connectivity index (χ0v) is 14.8. The first-order chi connectivity index (χ1) is 11.8. The fraction of sp³-hybridized carbons (Fsp3) is 0.235. The lowest BCUT2D eigenvalue weighted by atomic mass is 9.97. The van der Waals surface area contributed by atoms with Crippen LogP contribution in [0.1, 0.15) is 18.2 Å². The Morgan fingerprint density at radius 1 is 1.28 bits per heavy atom. The standard InChI is InChI=1S/C17H17N3O4S/c1-17(16(21)24-3,15-9-4-5-10-19-15)20(2)25(22,23)14-8-6-7-13(11-14)12-18/h4-11H,1-3H3. The van der Waals surface area contributed by atoms with Gasteiger partial charge >= 0.3 is 5.97 Å². The van der Waals surface area contributed by atoms with Gasteiger partial charge in [-0.3, -0.25) is 4.98 Å². The predicted octanol–water partition coefficient (Wildman–Crippen LogP) is 1.66. The first-order valence-corrected chi connectivity index (χ1v) is 8.71. The maximum Gasteiger partial charge on any atom is 0.333 e. The number of nitrogens with zero attached hydrogens (tertiary/aromatic N) is 3. The molecule has 0 aliphatic rings. The van der Waals surface area contributed by atoms with Gasteiger partial charge in [-0.25, -0.2) is 13.2 Å². The van der Waals surface area contributed by atoms with Crippen molar-refractivity contribution in [2.45, 2.75) is 17.4 Å². The van der Waals surface area contributed by atoms with Gasteiger partial charge in [0.15, 0.2) is 5.54 Å². The monoisotopic (exact) mass is 359 g/mol. The molecular formula is C17H17N3O4S. The van der Waals surface area contributed by atoms with Gasteiger partial charge in [0.2, 0.25) is 10.0 Å². The topological polar surface area (TPSA) is 100 Å². The van der Waals surface area contributed by atoms with Crippen LogP contribution in [0.25, 0.3) is 0 Å². The summed E-state index contributed by atoms with van der Waals surface area (Å²) in [5.74, 6) is -0.770. The van der Waals surface area contributed by atoms with E-state index in [-0.39, 0.29) is 16.2 Å². The van der Waals surface area contributed by atoms with Crippen molar-refractivity contribution in [3.8, 4) is 6.07 Å². The van der Waals surface area contributed by atoms with E-state index in [4.69, 9.17) is 10.00 Å². The Balaban J connectivity index is 2.62. The molecule has 8 heteroatoms. The molecule has 0 saturated carbocycles. The number of benzene rings is 1. The summed E-state index contributed by atoms with van der Waals surface area (Å²) in [5.41, 5.74) is -1.24. The molecule has 0 aliphatic heterocycles. The molecule has 2 aromatic rings. The van der Waals surface area contributed by atoms with Crippen molar-refractivity contribution in [2.75, 3.05) is 14.2 Å². The summed E-state index contributed by atoms with van der Waals surface area (Å²) in [6.45, 7) is 1.42. The van der Waals surface area contributed by atoms with Crippen molar-refractivity contribution in [3.05, 3.63) is 59.9 Å². The highest BCUT2D eigenvalue weighted by Crippen LogP contribution is 2.32. The number of sulfonamides is 1. The molecule has 1 aromatic heterocycles. The Hall–Kier alpha value is -2.76. The van der Waals surface area contributed by atoms with E-state index in [0.717, 1.165) is 4.31 Å². The third-order valence-electron chi connectivity index (χ3n) is 4.00. The highest BCUT2D eigenvalue weighted by Gasteiger charge is 2.47. The van der Waals surface area contributed by atoms with Gasteiger partial charge in [0.1, 0.15) is 0 Å². The minimum atomic E-state index is -4.09. The Bertz CT molecular complexity index is 922. The number of esters is 1. The molecule has 0 bridgehead atoms. The van der Waals surface area contributed by atoms with Crippen molar-refractivity contribution in [2.24, 2.45) is 0 Å². The highest BCUT2D eigenvalue weighted by atomic mass is 32.2. The van der Waals surface area contributed by atoms with Gasteiger partial charge < -0.3 is 4.74 Å². The molecule has 0 aliphatic carbocycles. The van der Waals surface area contributed by atoms with E-state index in [0.29, 0.717) is 0 Å². The molecule has 25 heavy (non-hydrogen) atoms. The molecule has 1 unspecified atom stereocenters. The predicted molar refractivity (Wildman–Crippen MR) is 89.7 cm³/mol. The Kier molecular flexibility index (Phi) is 5.21. The quantitative estimate of drug-likeness (QED) is 0.753. The Morgan fingerprint density at radius 2 is 2.00 bits per heavy atom. The van der Waals surface area contributed by atoms with Gasteiger partial charge in [0, 0.05) is 13.2 Å². The zero-order chi connectivity index (χ0) is 18.7. The average molecular weight is 359 g/mol. The molecule has 1 aromatic carbocycles. The number of ether oxygens (including phenoxy) is 1. The van der Waals surface area contributed by atoms with E-state index in [1.807, 2.05) is 6.07 Å². The summed E-state index contributed by atoms with van der Waals surface area (Å²) in [4.78, 5) is 16.5. The Morgan fingerprint density at radius 3 is 2.56 bits per heavy atom. The Labute approximate surface area is 146 Å². The second-order valence-electron chi connectivity index (χ2n) is 5.39. The van der Waals surface area contributed by atoms with Crippen LogP contribution in [0.2, 0.25) is 0 Å². The number of nitriles is 1. The minimum absolute atomic E-state index is 0.0971. The summed E-state index contributed by atoms with van der Waals surface area (Å²) < 4.78 is 31.8. The van der Waals surface area contributed by atoms with E-state index in [1.165, 1.54) is 51.5 Å². The van der Waals surface area contributed by atoms with Crippen molar-refractivity contribution in [1.82, 2.24) is 9.29 Å². The SMILES string of the molecule is COC(=O)C(C)(c1ccccn1)N(C)S(=O)(=O)c1cccc(C#N)c1. The van der Waals surface area contributed by atoms with Crippen LogP contribution >= 0.6 is 0 Å². The zero-order valence-electron chi connectivity index (χ0n) is 14.0. The first-order valence-electron chi connectivity index (χ1n) is 7.27. The third-order valence-corrected chi connectivity index (χ3v) is 5.93. The van der Waals surface area contributed by atoms with Gasteiger partial charge in [-0.05, 0) is 37.3 Å². The second-order valence-corrected chi connectivity index (χ2v) is 7.36. The summed E-state index contributed by atoms with van der Waals surface area (Å²) >= 11 is 0. The van der Waals surface area contributed by atoms with Crippen LogP contribution < -0.4 is 0 Å². The maximum absolute atomic E-state index is 13.0. The number of rotatable bonds is 5. The molecule has 2 rings (SSSR count). The molecular weight excluding hydrogens is 342 g/mol. The lowest BCUT2D eigenvalue weighted by Gasteiger charge is -2.34. The third kappa shape index (κ3) is 3.24. The molecule has 0 N–H and O–H groups in total. The molecule has 130 valence electrons. The number of pyridine rings is 1. The van der Waals surface area contributed by atoms with Gasteiger partial charge in [-0.15, -0.1) is 0 Å². The van der Waals surface area contributed by atoms with Crippen LogP contribution in [0, 0.1) is 11.3 Å². The molecule has 0 fully saturated rings. The number of hydrogen-bond acceptors (Lipinski definition) is 6. The van der Waals surface area contributed by atoms with Crippen molar-refractivity contribution in [3.63, 3.8) is 0 Å². The largest absolute Gasteiger partial charge is 0.467 e. The van der Waals surface area contributed by atoms with E-state index < -0.39 is 21.5 Å². The first kappa shape index (κ1) is 18.6. The maximum atomic E-state index is 13.0. The van der Waals surface area contributed by atoms with Crippen molar-refractivity contribution < 1.29 is 17.9 Å². The van der Waals surface area contributed by atoms with E-state index in [2.05, 4.69) is 4.98 Å². The van der Waals surface area contributed by atoms with Crippen LogP contribution in [0.15, 0.2) is 53.6 Å². The molecule has 0 saturated heterocycles. The smallest absolute Gasteiger partial charge is 0.333 e. The van der Waals surface area contributed by atoms with Crippen LogP contribution in [-0.2, 0) is 25.1 Å². The minimum Gasteiger partial charge on any atom is -0.467 e. The lowest BCUT2D eigenvalue weighted by molar-refractivity contribution is -0.151. The lowest BCUT2D eigenvalue weighted by Crippen LogP contribution is -2.51. The number of carbonyl (C=O) groups excluding carboxylic acids is 1. The van der Waals surface area contributed by atoms with Crippen LogP contribution in [-0.4, -0.2) is 37.8 Å². The summed E-state index contributed by atoms with van der Waals surface area (Å²) in [7, 11) is -1.63. The molecule has 0 amide bonds. The van der Waals surface area contributed by atoms with Crippen LogP contribution in [0.3, 0.4) is 0 Å². The molecule has 0 radical (unpaired) electrons. The van der Waals surface area contributed by atoms with E-state index >= 15 is 0 Å². The van der Waals surface area contributed by atoms with Crippen LogP contribution in [0.4, 0.5) is 0 Å². The number of carbonyl (C=O) groups is 1. The molecule has 0 spiro atoms. The van der Waals surface area contributed by atoms with E-state index in [1.54, 1.807) is 18.2 Å². The van der Waals surface area contributed by atoms with Gasteiger partial charge in [-0.1, -0.05) is 12.1 Å². The number of hydrogen-bond donors (Lipinski definition) is 0. The normalized spacial score (nSPS) is 13.7. The van der Waals surface area contributed by atoms with Gasteiger partial charge in [0.05, 0.1) is 29.3 Å². The fourth-order valence-electron chi connectivity index (χ4n) is 2.37. The average Bonchev–Trinajstić information content (AvgIpc) is 2.66. The highest BCUT2D eigenvalue weighted by molar-refractivity contribution is 7.89.